The zero-order valence-electron chi connectivity index (χ0n) is 12.9. The van der Waals surface area contributed by atoms with Crippen molar-refractivity contribution < 1.29 is 17.9 Å². The van der Waals surface area contributed by atoms with Crippen molar-refractivity contribution >= 4 is 11.0 Å². The highest BCUT2D eigenvalue weighted by atomic mass is 19.4. The quantitative estimate of drug-likeness (QED) is 0.938. The molecule has 2 aromatic rings. The maximum atomic E-state index is 12.7. The molecule has 1 fully saturated rings. The van der Waals surface area contributed by atoms with E-state index in [1.54, 1.807) is 0 Å². The third-order valence-corrected chi connectivity index (χ3v) is 4.26. The van der Waals surface area contributed by atoms with E-state index in [2.05, 4.69) is 14.9 Å². The van der Waals surface area contributed by atoms with Gasteiger partial charge >= 0.3 is 6.18 Å². The fourth-order valence-corrected chi connectivity index (χ4v) is 3.07. The summed E-state index contributed by atoms with van der Waals surface area (Å²) >= 11 is 0. The monoisotopic (exact) mass is 327 g/mol. The van der Waals surface area contributed by atoms with E-state index in [0.717, 1.165) is 16.9 Å². The molecule has 0 spiro atoms. The van der Waals surface area contributed by atoms with Crippen LogP contribution >= 0.6 is 0 Å². The first kappa shape index (κ1) is 16.3. The van der Waals surface area contributed by atoms with Crippen LogP contribution in [0.3, 0.4) is 0 Å². The van der Waals surface area contributed by atoms with Crippen molar-refractivity contribution in [1.82, 2.24) is 14.9 Å². The summed E-state index contributed by atoms with van der Waals surface area (Å²) in [4.78, 5) is 4.49. The number of halogens is 3. The summed E-state index contributed by atoms with van der Waals surface area (Å²) in [7, 11) is 0. The van der Waals surface area contributed by atoms with Crippen molar-refractivity contribution in [2.24, 2.45) is 0 Å². The van der Waals surface area contributed by atoms with Crippen LogP contribution in [0.2, 0.25) is 0 Å². The number of para-hydroxylation sites is 2. The number of hydrogen-bond donors (Lipinski definition) is 1. The molecule has 1 saturated heterocycles. The number of fused-ring (bicyclic) bond motifs is 1. The van der Waals surface area contributed by atoms with Gasteiger partial charge in [-0.25, -0.2) is 4.98 Å². The molecule has 2 heterocycles. The van der Waals surface area contributed by atoms with Crippen LogP contribution in [0.25, 0.3) is 11.0 Å². The van der Waals surface area contributed by atoms with Gasteiger partial charge in [-0.3, -0.25) is 0 Å². The van der Waals surface area contributed by atoms with Gasteiger partial charge in [0.15, 0.2) is 6.10 Å². The van der Waals surface area contributed by atoms with Gasteiger partial charge in [0.05, 0.1) is 11.0 Å². The van der Waals surface area contributed by atoms with Crippen LogP contribution in [-0.2, 0) is 11.3 Å². The van der Waals surface area contributed by atoms with Crippen molar-refractivity contribution in [1.29, 1.82) is 0 Å². The van der Waals surface area contributed by atoms with Crippen LogP contribution < -0.4 is 5.32 Å². The molecule has 1 N–H and O–H groups in total. The van der Waals surface area contributed by atoms with Gasteiger partial charge in [0.2, 0.25) is 0 Å². The van der Waals surface area contributed by atoms with Crippen molar-refractivity contribution in [2.45, 2.75) is 44.6 Å². The summed E-state index contributed by atoms with van der Waals surface area (Å²) in [5.74, 6) is 0.910. The molecule has 126 valence electrons. The van der Waals surface area contributed by atoms with Gasteiger partial charge in [-0.2, -0.15) is 13.2 Å². The van der Waals surface area contributed by atoms with E-state index < -0.39 is 12.3 Å². The molecule has 0 amide bonds. The second-order valence-electron chi connectivity index (χ2n) is 5.88. The highest BCUT2D eigenvalue weighted by molar-refractivity contribution is 5.75. The van der Waals surface area contributed by atoms with Gasteiger partial charge in [0.25, 0.3) is 0 Å². The molecule has 2 atom stereocenters. The maximum Gasteiger partial charge on any atom is 0.414 e. The number of imidazole rings is 1. The number of benzene rings is 1. The van der Waals surface area contributed by atoms with Gasteiger partial charge in [-0.05, 0) is 31.9 Å². The van der Waals surface area contributed by atoms with E-state index in [0.29, 0.717) is 19.5 Å². The maximum absolute atomic E-state index is 12.7. The van der Waals surface area contributed by atoms with E-state index >= 15 is 0 Å². The lowest BCUT2D eigenvalue weighted by atomic mass is 10.0. The minimum absolute atomic E-state index is 0.0207. The fraction of sp³-hybridized carbons (Fsp3) is 0.562. The smallest absolute Gasteiger partial charge is 0.369 e. The Morgan fingerprint density at radius 1 is 1.35 bits per heavy atom. The first-order chi connectivity index (χ1) is 10.9. The highest BCUT2D eigenvalue weighted by Crippen LogP contribution is 2.29. The number of nitrogens with one attached hydrogen (secondary N) is 1. The van der Waals surface area contributed by atoms with Gasteiger partial charge < -0.3 is 14.6 Å². The molecule has 1 aromatic heterocycles. The summed E-state index contributed by atoms with van der Waals surface area (Å²) in [5, 5.41) is 3.23. The number of nitrogens with zero attached hydrogens (tertiary/aromatic N) is 2. The Labute approximate surface area is 132 Å². The molecule has 0 aliphatic carbocycles. The Kier molecular flexibility index (Phi) is 4.59. The van der Waals surface area contributed by atoms with Crippen molar-refractivity contribution in [3.63, 3.8) is 0 Å². The SMILES string of the molecule is Cc1nc2ccccc2n1CCNC1CCOC(C(F)(F)F)C1. The topological polar surface area (TPSA) is 39.1 Å². The predicted molar refractivity (Wildman–Crippen MR) is 81.3 cm³/mol. The van der Waals surface area contributed by atoms with E-state index in [4.69, 9.17) is 4.74 Å². The molecule has 1 aliphatic heterocycles. The Morgan fingerprint density at radius 3 is 2.91 bits per heavy atom. The number of aryl methyl sites for hydroxylation is 1. The molecular weight excluding hydrogens is 307 g/mol. The average Bonchev–Trinajstić information content (AvgIpc) is 2.83. The molecule has 7 heteroatoms. The fourth-order valence-electron chi connectivity index (χ4n) is 3.07. The Morgan fingerprint density at radius 2 is 2.13 bits per heavy atom. The number of aromatic nitrogens is 2. The summed E-state index contributed by atoms with van der Waals surface area (Å²) in [6.45, 7) is 3.37. The minimum Gasteiger partial charge on any atom is -0.369 e. The van der Waals surface area contributed by atoms with Crippen molar-refractivity contribution in [3.05, 3.63) is 30.1 Å². The molecule has 0 saturated carbocycles. The molecule has 1 aliphatic rings. The van der Waals surface area contributed by atoms with Crippen LogP contribution in [0.1, 0.15) is 18.7 Å². The Balaban J connectivity index is 1.58. The molecule has 4 nitrogen and oxygen atoms in total. The number of ether oxygens (including phenoxy) is 1. The first-order valence-corrected chi connectivity index (χ1v) is 7.78. The summed E-state index contributed by atoms with van der Waals surface area (Å²) in [6.07, 6.45) is -5.34. The molecule has 3 rings (SSSR count). The van der Waals surface area contributed by atoms with E-state index in [9.17, 15) is 13.2 Å². The van der Waals surface area contributed by atoms with E-state index in [1.807, 2.05) is 31.2 Å². The van der Waals surface area contributed by atoms with Crippen LogP contribution in [-0.4, -0.2) is 41.0 Å². The number of hydrogen-bond acceptors (Lipinski definition) is 3. The van der Waals surface area contributed by atoms with Crippen LogP contribution in [0, 0.1) is 6.92 Å². The third-order valence-electron chi connectivity index (χ3n) is 4.26. The average molecular weight is 327 g/mol. The number of alkyl halides is 3. The van der Waals surface area contributed by atoms with Gasteiger partial charge in [0.1, 0.15) is 5.82 Å². The van der Waals surface area contributed by atoms with Crippen LogP contribution in [0.5, 0.6) is 0 Å². The van der Waals surface area contributed by atoms with Crippen LogP contribution in [0.15, 0.2) is 24.3 Å². The Bertz CT molecular complexity index is 668. The van der Waals surface area contributed by atoms with Gasteiger partial charge in [0, 0.05) is 25.7 Å². The van der Waals surface area contributed by atoms with Gasteiger partial charge in [-0.15, -0.1) is 0 Å². The first-order valence-electron chi connectivity index (χ1n) is 7.78. The zero-order chi connectivity index (χ0) is 16.4. The molecule has 2 unspecified atom stereocenters. The third kappa shape index (κ3) is 3.67. The summed E-state index contributed by atoms with van der Waals surface area (Å²) in [5.41, 5.74) is 1.99. The zero-order valence-corrected chi connectivity index (χ0v) is 12.9. The lowest BCUT2D eigenvalue weighted by Crippen LogP contribution is -2.45. The Hall–Kier alpha value is -1.60. The lowest BCUT2D eigenvalue weighted by Gasteiger charge is -2.31. The van der Waals surface area contributed by atoms with E-state index in [1.165, 1.54) is 0 Å². The highest BCUT2D eigenvalue weighted by Gasteiger charge is 2.43. The standard InChI is InChI=1S/C16H20F3N3O/c1-11-21-13-4-2-3-5-14(13)22(11)8-7-20-12-6-9-23-15(10-12)16(17,18)19/h2-5,12,15,20H,6-10H2,1H3. The molecule has 0 bridgehead atoms. The van der Waals surface area contributed by atoms with E-state index in [-0.39, 0.29) is 19.1 Å². The second kappa shape index (κ2) is 6.49. The van der Waals surface area contributed by atoms with Crippen molar-refractivity contribution in [3.8, 4) is 0 Å². The van der Waals surface area contributed by atoms with Crippen molar-refractivity contribution in [2.75, 3.05) is 13.2 Å². The van der Waals surface area contributed by atoms with Gasteiger partial charge in [-0.1, -0.05) is 12.1 Å². The molecular formula is C16H20F3N3O. The predicted octanol–water partition coefficient (Wildman–Crippen LogP) is 3.04. The molecule has 0 radical (unpaired) electrons. The summed E-state index contributed by atoms with van der Waals surface area (Å²) < 4.78 is 45.1. The molecule has 23 heavy (non-hydrogen) atoms. The minimum atomic E-state index is -4.28. The lowest BCUT2D eigenvalue weighted by molar-refractivity contribution is -0.232. The van der Waals surface area contributed by atoms with Crippen LogP contribution in [0.4, 0.5) is 13.2 Å². The number of rotatable bonds is 4. The normalized spacial score (nSPS) is 22.6. The summed E-state index contributed by atoms with van der Waals surface area (Å²) in [6, 6.07) is 7.70. The largest absolute Gasteiger partial charge is 0.414 e. The second-order valence-corrected chi connectivity index (χ2v) is 5.88. The molecule has 1 aromatic carbocycles.